The van der Waals surface area contributed by atoms with Gasteiger partial charge in [-0.15, -0.1) is 24.0 Å². The molecule has 1 aromatic rings. The van der Waals surface area contributed by atoms with Crippen molar-refractivity contribution in [3.05, 3.63) is 23.7 Å². The summed E-state index contributed by atoms with van der Waals surface area (Å²) >= 11 is 0. The number of furan rings is 1. The average Bonchev–Trinajstić information content (AvgIpc) is 3.06. The summed E-state index contributed by atoms with van der Waals surface area (Å²) in [4.78, 5) is 15.6. The Hall–Kier alpha value is -1.29. The Morgan fingerprint density at radius 2 is 2.07 bits per heavy atom. The normalized spacial score (nSPS) is 20.7. The van der Waals surface area contributed by atoms with E-state index in [9.17, 15) is 4.79 Å². The van der Waals surface area contributed by atoms with Gasteiger partial charge in [0.05, 0.1) is 6.10 Å². The minimum Gasteiger partial charge on any atom is -0.454 e. The number of primary amides is 1. The van der Waals surface area contributed by atoms with E-state index >= 15 is 0 Å². The standard InChI is InChI=1S/C19H32N4O3.HI/c1-5-21-18(23-12-14-8-9-15(26-14)17(20)24)22-11-13-7-6-10-25-16(13)19(2,3)4;/h8-9,13,16H,5-7,10-12H2,1-4H3,(H2,20,24)(H2,21,22,23);1H. The molecule has 1 amide bonds. The Balaban J connectivity index is 0.00000364. The van der Waals surface area contributed by atoms with Crippen molar-refractivity contribution in [1.82, 2.24) is 10.6 Å². The van der Waals surface area contributed by atoms with Gasteiger partial charge in [-0.1, -0.05) is 20.8 Å². The highest BCUT2D eigenvalue weighted by Gasteiger charge is 2.35. The van der Waals surface area contributed by atoms with E-state index < -0.39 is 5.91 Å². The molecular formula is C19H33IN4O3. The summed E-state index contributed by atoms with van der Waals surface area (Å²) in [5.74, 6) is 1.35. The van der Waals surface area contributed by atoms with E-state index in [1.807, 2.05) is 6.92 Å². The molecule has 8 heteroatoms. The Bertz CT molecular complexity index is 625. The maximum atomic E-state index is 11.1. The summed E-state index contributed by atoms with van der Waals surface area (Å²) in [6.45, 7) is 11.4. The lowest BCUT2D eigenvalue weighted by atomic mass is 9.78. The largest absolute Gasteiger partial charge is 0.454 e. The molecule has 0 spiro atoms. The number of nitrogens with zero attached hydrogens (tertiary/aromatic N) is 1. The number of carbonyl (C=O) groups is 1. The molecule has 2 heterocycles. The summed E-state index contributed by atoms with van der Waals surface area (Å²) < 4.78 is 11.4. The van der Waals surface area contributed by atoms with E-state index in [2.05, 4.69) is 36.4 Å². The van der Waals surface area contributed by atoms with Crippen LogP contribution in [0.25, 0.3) is 0 Å². The zero-order chi connectivity index (χ0) is 19.2. The first kappa shape index (κ1) is 23.7. The average molecular weight is 492 g/mol. The SMILES string of the molecule is CCNC(=NCc1ccc(C(N)=O)o1)NCC1CCCOC1C(C)(C)C.I. The van der Waals surface area contributed by atoms with Crippen LogP contribution >= 0.6 is 24.0 Å². The van der Waals surface area contributed by atoms with Crippen molar-refractivity contribution in [2.75, 3.05) is 19.7 Å². The van der Waals surface area contributed by atoms with E-state index in [1.54, 1.807) is 12.1 Å². The molecule has 0 saturated carbocycles. The molecule has 27 heavy (non-hydrogen) atoms. The minimum absolute atomic E-state index is 0. The molecule has 0 bridgehead atoms. The van der Waals surface area contributed by atoms with Crippen LogP contribution in [-0.4, -0.2) is 37.7 Å². The molecule has 1 aliphatic rings. The van der Waals surface area contributed by atoms with E-state index in [-0.39, 0.29) is 41.3 Å². The quantitative estimate of drug-likeness (QED) is 0.322. The summed E-state index contributed by atoms with van der Waals surface area (Å²) in [7, 11) is 0. The maximum Gasteiger partial charge on any atom is 0.284 e. The monoisotopic (exact) mass is 492 g/mol. The predicted molar refractivity (Wildman–Crippen MR) is 117 cm³/mol. The van der Waals surface area contributed by atoms with Crippen LogP contribution in [0, 0.1) is 11.3 Å². The molecule has 1 aliphatic heterocycles. The van der Waals surface area contributed by atoms with Crippen LogP contribution in [0.3, 0.4) is 0 Å². The Morgan fingerprint density at radius 1 is 1.33 bits per heavy atom. The van der Waals surface area contributed by atoms with Gasteiger partial charge in [-0.2, -0.15) is 0 Å². The third-order valence-electron chi connectivity index (χ3n) is 4.47. The van der Waals surface area contributed by atoms with E-state index in [4.69, 9.17) is 14.9 Å². The fraction of sp³-hybridized carbons (Fsp3) is 0.684. The van der Waals surface area contributed by atoms with E-state index in [0.29, 0.717) is 18.2 Å². The van der Waals surface area contributed by atoms with Gasteiger partial charge in [0.15, 0.2) is 11.7 Å². The number of halogens is 1. The highest BCUT2D eigenvalue weighted by Crippen LogP contribution is 2.33. The first-order valence-electron chi connectivity index (χ1n) is 9.33. The molecule has 1 saturated heterocycles. The number of aliphatic imine (C=N–C) groups is 1. The van der Waals surface area contributed by atoms with Crippen LogP contribution in [0.2, 0.25) is 0 Å². The van der Waals surface area contributed by atoms with Crippen LogP contribution in [0.4, 0.5) is 0 Å². The Morgan fingerprint density at radius 3 is 2.67 bits per heavy atom. The third-order valence-corrected chi connectivity index (χ3v) is 4.47. The summed E-state index contributed by atoms with van der Waals surface area (Å²) in [5.41, 5.74) is 5.32. The number of nitrogens with one attached hydrogen (secondary N) is 2. The van der Waals surface area contributed by atoms with Crippen molar-refractivity contribution in [3.8, 4) is 0 Å². The predicted octanol–water partition coefficient (Wildman–Crippen LogP) is 2.89. The molecule has 0 radical (unpaired) electrons. The second-order valence-corrected chi connectivity index (χ2v) is 7.77. The van der Waals surface area contributed by atoms with Gasteiger partial charge in [-0.3, -0.25) is 4.79 Å². The van der Waals surface area contributed by atoms with Crippen LogP contribution in [0.1, 0.15) is 56.9 Å². The van der Waals surface area contributed by atoms with Crippen molar-refractivity contribution >= 4 is 35.8 Å². The number of carbonyl (C=O) groups excluding carboxylic acids is 1. The van der Waals surface area contributed by atoms with Crippen molar-refractivity contribution in [2.24, 2.45) is 22.1 Å². The van der Waals surface area contributed by atoms with Gasteiger partial charge in [0, 0.05) is 25.6 Å². The topological polar surface area (TPSA) is 102 Å². The lowest BCUT2D eigenvalue weighted by molar-refractivity contribution is -0.0835. The van der Waals surface area contributed by atoms with Crippen molar-refractivity contribution in [1.29, 1.82) is 0 Å². The molecule has 2 unspecified atom stereocenters. The van der Waals surface area contributed by atoms with Gasteiger partial charge >= 0.3 is 0 Å². The molecule has 154 valence electrons. The Kier molecular flexibility index (Phi) is 9.58. The third kappa shape index (κ3) is 7.33. The minimum atomic E-state index is -0.573. The van der Waals surface area contributed by atoms with Gasteiger partial charge in [0.1, 0.15) is 12.3 Å². The van der Waals surface area contributed by atoms with E-state index in [0.717, 1.165) is 38.5 Å². The first-order valence-corrected chi connectivity index (χ1v) is 9.33. The number of nitrogens with two attached hydrogens (primary N) is 1. The number of hydrogen-bond donors (Lipinski definition) is 3. The maximum absolute atomic E-state index is 11.1. The van der Waals surface area contributed by atoms with Gasteiger partial charge in [-0.25, -0.2) is 4.99 Å². The molecule has 0 aromatic carbocycles. The van der Waals surface area contributed by atoms with Crippen molar-refractivity contribution in [2.45, 2.75) is 53.2 Å². The molecule has 2 rings (SSSR count). The van der Waals surface area contributed by atoms with E-state index in [1.165, 1.54) is 0 Å². The lowest BCUT2D eigenvalue weighted by Gasteiger charge is -2.40. The summed E-state index contributed by atoms with van der Waals surface area (Å²) in [6, 6.07) is 3.29. The molecule has 1 aromatic heterocycles. The van der Waals surface area contributed by atoms with Crippen LogP contribution < -0.4 is 16.4 Å². The Labute approximate surface area is 178 Å². The number of rotatable bonds is 6. The number of amides is 1. The molecular weight excluding hydrogens is 459 g/mol. The van der Waals surface area contributed by atoms with Crippen molar-refractivity contribution in [3.63, 3.8) is 0 Å². The molecule has 2 atom stereocenters. The lowest BCUT2D eigenvalue weighted by Crippen LogP contribution is -2.47. The van der Waals surface area contributed by atoms with Crippen LogP contribution in [0.5, 0.6) is 0 Å². The van der Waals surface area contributed by atoms with Gasteiger partial charge in [0.25, 0.3) is 5.91 Å². The van der Waals surface area contributed by atoms with Gasteiger partial charge in [0.2, 0.25) is 0 Å². The number of guanidine groups is 1. The van der Waals surface area contributed by atoms with Crippen LogP contribution in [-0.2, 0) is 11.3 Å². The zero-order valence-electron chi connectivity index (χ0n) is 16.7. The highest BCUT2D eigenvalue weighted by molar-refractivity contribution is 14.0. The second-order valence-electron chi connectivity index (χ2n) is 7.77. The van der Waals surface area contributed by atoms with Crippen molar-refractivity contribution < 1.29 is 13.9 Å². The molecule has 4 N–H and O–H groups in total. The number of hydrogen-bond acceptors (Lipinski definition) is 4. The summed E-state index contributed by atoms with van der Waals surface area (Å²) in [6.07, 6.45) is 2.47. The fourth-order valence-electron chi connectivity index (χ4n) is 3.33. The highest BCUT2D eigenvalue weighted by atomic mass is 127. The molecule has 1 fully saturated rings. The molecule has 7 nitrogen and oxygen atoms in total. The fourth-order valence-corrected chi connectivity index (χ4v) is 3.33. The van der Waals surface area contributed by atoms with Crippen LogP contribution in [0.15, 0.2) is 21.5 Å². The second kappa shape index (κ2) is 10.9. The zero-order valence-corrected chi connectivity index (χ0v) is 19.0. The van der Waals surface area contributed by atoms with Gasteiger partial charge < -0.3 is 25.5 Å². The van der Waals surface area contributed by atoms with Gasteiger partial charge in [-0.05, 0) is 37.3 Å². The smallest absolute Gasteiger partial charge is 0.284 e. The first-order chi connectivity index (χ1) is 12.3. The molecule has 0 aliphatic carbocycles. The number of ether oxygens (including phenoxy) is 1. The summed E-state index contributed by atoms with van der Waals surface area (Å²) in [5, 5.41) is 6.66.